The van der Waals surface area contributed by atoms with Crippen molar-refractivity contribution in [2.75, 3.05) is 46.5 Å². The molecule has 3 rings (SSSR count). The van der Waals surface area contributed by atoms with Crippen LogP contribution in [0.15, 0.2) is 30.3 Å². The van der Waals surface area contributed by atoms with Crippen LogP contribution in [0.2, 0.25) is 0 Å². The van der Waals surface area contributed by atoms with Gasteiger partial charge in [-0.2, -0.15) is 0 Å². The van der Waals surface area contributed by atoms with Crippen molar-refractivity contribution in [3.63, 3.8) is 0 Å². The molecule has 138 valence electrons. The van der Waals surface area contributed by atoms with Crippen LogP contribution in [0.1, 0.15) is 24.8 Å². The van der Waals surface area contributed by atoms with Gasteiger partial charge in [0.1, 0.15) is 0 Å². The lowest BCUT2D eigenvalue weighted by Gasteiger charge is -2.41. The molecule has 2 atom stereocenters. The van der Waals surface area contributed by atoms with E-state index in [0.29, 0.717) is 6.42 Å². The molecule has 2 heterocycles. The first kappa shape index (κ1) is 18.4. The number of morpholine rings is 1. The van der Waals surface area contributed by atoms with Gasteiger partial charge in [0, 0.05) is 39.7 Å². The topological polar surface area (TPSA) is 42.0 Å². The second-order valence-corrected chi connectivity index (χ2v) is 6.96. The molecule has 0 saturated carbocycles. The Hall–Kier alpha value is -1.43. The fourth-order valence-electron chi connectivity index (χ4n) is 3.93. The molecule has 0 N–H and O–H groups in total. The van der Waals surface area contributed by atoms with Gasteiger partial charge in [-0.05, 0) is 24.8 Å². The highest BCUT2D eigenvalue weighted by atomic mass is 16.5. The summed E-state index contributed by atoms with van der Waals surface area (Å²) in [7, 11) is 1.77. The molecular formula is C20H30N2O3. The quantitative estimate of drug-likeness (QED) is 0.790. The number of piperidine rings is 1. The standard InChI is InChI=1S/C20H30N2O3/c1-24-19-8-5-10-22(18(19)16-17-6-3-2-4-7-17)20(23)9-11-21-12-14-25-15-13-21/h2-4,6-7,18-19H,5,8-16H2,1H3/t18-,19-/m0/s1. The van der Waals surface area contributed by atoms with E-state index < -0.39 is 0 Å². The number of rotatable bonds is 6. The van der Waals surface area contributed by atoms with Gasteiger partial charge < -0.3 is 14.4 Å². The maximum atomic E-state index is 12.9. The number of carbonyl (C=O) groups is 1. The summed E-state index contributed by atoms with van der Waals surface area (Å²) in [5.74, 6) is 0.258. The molecule has 0 unspecified atom stereocenters. The second kappa shape index (κ2) is 9.32. The predicted molar refractivity (Wildman–Crippen MR) is 97.6 cm³/mol. The van der Waals surface area contributed by atoms with Crippen LogP contribution in [0.4, 0.5) is 0 Å². The molecule has 0 aliphatic carbocycles. The van der Waals surface area contributed by atoms with Gasteiger partial charge >= 0.3 is 0 Å². The van der Waals surface area contributed by atoms with Crippen molar-refractivity contribution < 1.29 is 14.3 Å². The van der Waals surface area contributed by atoms with E-state index in [-0.39, 0.29) is 18.1 Å². The number of nitrogens with zero attached hydrogens (tertiary/aromatic N) is 2. The summed E-state index contributed by atoms with van der Waals surface area (Å²) in [4.78, 5) is 17.3. The summed E-state index contributed by atoms with van der Waals surface area (Å²) < 4.78 is 11.1. The number of carbonyl (C=O) groups excluding carboxylic acids is 1. The highest BCUT2D eigenvalue weighted by Gasteiger charge is 2.34. The highest BCUT2D eigenvalue weighted by Crippen LogP contribution is 2.24. The third kappa shape index (κ3) is 5.03. The molecule has 2 fully saturated rings. The van der Waals surface area contributed by atoms with E-state index in [9.17, 15) is 4.79 Å². The number of hydrogen-bond acceptors (Lipinski definition) is 4. The first-order valence-electron chi connectivity index (χ1n) is 9.44. The second-order valence-electron chi connectivity index (χ2n) is 6.96. The fraction of sp³-hybridized carbons (Fsp3) is 0.650. The molecular weight excluding hydrogens is 316 g/mol. The number of likely N-dealkylation sites (tertiary alicyclic amines) is 1. The van der Waals surface area contributed by atoms with Crippen molar-refractivity contribution in [2.45, 2.75) is 37.8 Å². The van der Waals surface area contributed by atoms with Crippen molar-refractivity contribution in [3.05, 3.63) is 35.9 Å². The summed E-state index contributed by atoms with van der Waals surface area (Å²) in [5, 5.41) is 0. The molecule has 0 aromatic heterocycles. The van der Waals surface area contributed by atoms with Crippen LogP contribution in [0.5, 0.6) is 0 Å². The molecule has 0 radical (unpaired) electrons. The van der Waals surface area contributed by atoms with E-state index >= 15 is 0 Å². The van der Waals surface area contributed by atoms with Crippen LogP contribution >= 0.6 is 0 Å². The number of hydrogen-bond donors (Lipinski definition) is 0. The lowest BCUT2D eigenvalue weighted by molar-refractivity contribution is -0.140. The normalized spacial score (nSPS) is 25.1. The lowest BCUT2D eigenvalue weighted by atomic mass is 9.92. The molecule has 2 aliphatic heterocycles. The number of ether oxygens (including phenoxy) is 2. The van der Waals surface area contributed by atoms with Gasteiger partial charge in [-0.3, -0.25) is 9.69 Å². The first-order valence-corrected chi connectivity index (χ1v) is 9.44. The van der Waals surface area contributed by atoms with E-state index in [1.165, 1.54) is 5.56 Å². The smallest absolute Gasteiger partial charge is 0.224 e. The van der Waals surface area contributed by atoms with Crippen molar-refractivity contribution in [1.29, 1.82) is 0 Å². The molecule has 2 saturated heterocycles. The largest absolute Gasteiger partial charge is 0.379 e. The third-order valence-electron chi connectivity index (χ3n) is 5.37. The molecule has 5 heteroatoms. The van der Waals surface area contributed by atoms with Gasteiger partial charge in [-0.25, -0.2) is 0 Å². The molecule has 1 aromatic carbocycles. The first-order chi connectivity index (χ1) is 12.3. The lowest BCUT2D eigenvalue weighted by Crippen LogP contribution is -2.53. The Labute approximate surface area is 150 Å². The van der Waals surface area contributed by atoms with Crippen molar-refractivity contribution >= 4 is 5.91 Å². The molecule has 25 heavy (non-hydrogen) atoms. The molecule has 1 amide bonds. The van der Waals surface area contributed by atoms with Crippen LogP contribution in [0.3, 0.4) is 0 Å². The minimum Gasteiger partial charge on any atom is -0.379 e. The number of amides is 1. The van der Waals surface area contributed by atoms with Gasteiger partial charge in [0.15, 0.2) is 0 Å². The average molecular weight is 346 g/mol. The minimum atomic E-state index is 0.126. The number of benzene rings is 1. The van der Waals surface area contributed by atoms with Gasteiger partial charge in [-0.15, -0.1) is 0 Å². The van der Waals surface area contributed by atoms with Crippen LogP contribution < -0.4 is 0 Å². The SMILES string of the molecule is CO[C@H]1CCCN(C(=O)CCN2CCOCC2)[C@H]1Cc1ccccc1. The van der Waals surface area contributed by atoms with E-state index in [4.69, 9.17) is 9.47 Å². The van der Waals surface area contributed by atoms with E-state index in [0.717, 1.165) is 58.7 Å². The Balaban J connectivity index is 1.62. The zero-order valence-electron chi connectivity index (χ0n) is 15.2. The summed E-state index contributed by atoms with van der Waals surface area (Å²) in [6.45, 7) is 5.09. The molecule has 1 aromatic rings. The Bertz CT molecular complexity index is 531. The average Bonchev–Trinajstić information content (AvgIpc) is 2.68. The van der Waals surface area contributed by atoms with E-state index in [2.05, 4.69) is 34.1 Å². The molecule has 2 aliphatic rings. The Morgan fingerprint density at radius 2 is 1.96 bits per heavy atom. The van der Waals surface area contributed by atoms with Crippen LogP contribution in [-0.2, 0) is 20.7 Å². The Morgan fingerprint density at radius 3 is 2.68 bits per heavy atom. The van der Waals surface area contributed by atoms with Gasteiger partial charge in [-0.1, -0.05) is 30.3 Å². The Kier molecular flexibility index (Phi) is 6.84. The van der Waals surface area contributed by atoms with Gasteiger partial charge in [0.25, 0.3) is 0 Å². The Morgan fingerprint density at radius 1 is 1.20 bits per heavy atom. The molecule has 5 nitrogen and oxygen atoms in total. The monoisotopic (exact) mass is 346 g/mol. The maximum absolute atomic E-state index is 12.9. The zero-order valence-corrected chi connectivity index (χ0v) is 15.2. The van der Waals surface area contributed by atoms with Gasteiger partial charge in [0.05, 0.1) is 25.4 Å². The minimum absolute atomic E-state index is 0.126. The van der Waals surface area contributed by atoms with Crippen molar-refractivity contribution in [2.24, 2.45) is 0 Å². The van der Waals surface area contributed by atoms with Crippen molar-refractivity contribution in [3.8, 4) is 0 Å². The summed E-state index contributed by atoms with van der Waals surface area (Å²) in [6.07, 6.45) is 3.62. The van der Waals surface area contributed by atoms with Crippen molar-refractivity contribution in [1.82, 2.24) is 9.80 Å². The third-order valence-corrected chi connectivity index (χ3v) is 5.37. The molecule has 0 bridgehead atoms. The predicted octanol–water partition coefficient (Wildman–Crippen LogP) is 1.96. The van der Waals surface area contributed by atoms with E-state index in [1.54, 1.807) is 7.11 Å². The van der Waals surface area contributed by atoms with E-state index in [1.807, 2.05) is 6.07 Å². The highest BCUT2D eigenvalue weighted by molar-refractivity contribution is 5.77. The van der Waals surface area contributed by atoms with Crippen LogP contribution in [-0.4, -0.2) is 74.4 Å². The zero-order chi connectivity index (χ0) is 17.5. The summed E-state index contributed by atoms with van der Waals surface area (Å²) in [5.41, 5.74) is 1.27. The van der Waals surface area contributed by atoms with Crippen LogP contribution in [0.25, 0.3) is 0 Å². The fourth-order valence-corrected chi connectivity index (χ4v) is 3.93. The van der Waals surface area contributed by atoms with Gasteiger partial charge in [0.2, 0.25) is 5.91 Å². The summed E-state index contributed by atoms with van der Waals surface area (Å²) in [6, 6.07) is 10.6. The maximum Gasteiger partial charge on any atom is 0.224 e. The van der Waals surface area contributed by atoms with Crippen LogP contribution in [0, 0.1) is 0 Å². The summed E-state index contributed by atoms with van der Waals surface area (Å²) >= 11 is 0. The number of methoxy groups -OCH3 is 1. The molecule has 0 spiro atoms.